The number of ether oxygens (including phenoxy) is 1. The monoisotopic (exact) mass is 250 g/mol. The van der Waals surface area contributed by atoms with Crippen molar-refractivity contribution in [2.24, 2.45) is 0 Å². The van der Waals surface area contributed by atoms with Crippen LogP contribution in [0.4, 0.5) is 11.6 Å². The number of aromatic nitrogens is 2. The summed E-state index contributed by atoms with van der Waals surface area (Å²) in [5.74, 6) is 2.61. The highest BCUT2D eigenvalue weighted by Crippen LogP contribution is 2.27. The Hall–Kier alpha value is -1.36. The van der Waals surface area contributed by atoms with E-state index in [1.165, 1.54) is 19.3 Å². The van der Waals surface area contributed by atoms with Crippen LogP contribution in [-0.4, -0.2) is 36.7 Å². The third kappa shape index (κ3) is 2.72. The Morgan fingerprint density at radius 3 is 3.00 bits per heavy atom. The fraction of sp³-hybridized carbons (Fsp3) is 0.692. The van der Waals surface area contributed by atoms with Crippen LogP contribution in [0.25, 0.3) is 0 Å². The van der Waals surface area contributed by atoms with Crippen LogP contribution in [0.3, 0.4) is 0 Å². The normalized spacial score (nSPS) is 19.3. The molecule has 5 heteroatoms. The molecule has 1 N–H and O–H groups in total. The molecule has 0 amide bonds. The summed E-state index contributed by atoms with van der Waals surface area (Å²) in [4.78, 5) is 11.4. The topological polar surface area (TPSA) is 50.3 Å². The molecule has 0 aliphatic carbocycles. The van der Waals surface area contributed by atoms with Crippen molar-refractivity contribution in [3.05, 3.63) is 11.9 Å². The molecule has 0 saturated carbocycles. The third-order valence-corrected chi connectivity index (χ3v) is 3.43. The van der Waals surface area contributed by atoms with Crippen LogP contribution in [0.15, 0.2) is 6.07 Å². The maximum absolute atomic E-state index is 5.13. The van der Waals surface area contributed by atoms with Gasteiger partial charge in [0, 0.05) is 32.8 Å². The van der Waals surface area contributed by atoms with Gasteiger partial charge in [0.1, 0.15) is 18.2 Å². The average Bonchev–Trinajstić information content (AvgIpc) is 2.87. The Labute approximate surface area is 109 Å². The van der Waals surface area contributed by atoms with Crippen LogP contribution in [0.2, 0.25) is 0 Å². The first kappa shape index (κ1) is 13.1. The van der Waals surface area contributed by atoms with Crippen LogP contribution in [0, 0.1) is 0 Å². The van der Waals surface area contributed by atoms with Gasteiger partial charge in [0.15, 0.2) is 5.82 Å². The molecule has 100 valence electrons. The molecule has 2 heterocycles. The first-order chi connectivity index (χ1) is 8.78. The van der Waals surface area contributed by atoms with Gasteiger partial charge in [-0.3, -0.25) is 0 Å². The fourth-order valence-corrected chi connectivity index (χ4v) is 2.51. The van der Waals surface area contributed by atoms with E-state index >= 15 is 0 Å². The minimum absolute atomic E-state index is 0.452. The Morgan fingerprint density at radius 2 is 2.33 bits per heavy atom. The highest BCUT2D eigenvalue weighted by molar-refractivity contribution is 5.50. The van der Waals surface area contributed by atoms with E-state index in [1.54, 1.807) is 7.11 Å². The van der Waals surface area contributed by atoms with Crippen LogP contribution in [0.5, 0.6) is 0 Å². The van der Waals surface area contributed by atoms with Gasteiger partial charge in [0.2, 0.25) is 0 Å². The highest BCUT2D eigenvalue weighted by Gasteiger charge is 2.24. The van der Waals surface area contributed by atoms with Crippen molar-refractivity contribution in [3.63, 3.8) is 0 Å². The molecule has 0 bridgehead atoms. The Kier molecular flexibility index (Phi) is 4.36. The number of nitrogens with zero attached hydrogens (tertiary/aromatic N) is 3. The van der Waals surface area contributed by atoms with E-state index in [9.17, 15) is 0 Å². The number of hydrogen-bond acceptors (Lipinski definition) is 5. The first-order valence-electron chi connectivity index (χ1n) is 6.59. The number of nitrogens with one attached hydrogen (secondary N) is 1. The van der Waals surface area contributed by atoms with Gasteiger partial charge in [-0.25, -0.2) is 9.97 Å². The molecule has 1 aromatic rings. The van der Waals surface area contributed by atoms with E-state index in [0.29, 0.717) is 12.6 Å². The number of rotatable bonds is 5. The van der Waals surface area contributed by atoms with Crippen LogP contribution < -0.4 is 10.2 Å². The SMILES string of the molecule is CCC1CCCN1c1cc(NC)nc(COC)n1. The average molecular weight is 250 g/mol. The molecule has 1 fully saturated rings. The van der Waals surface area contributed by atoms with E-state index in [1.807, 2.05) is 13.1 Å². The second kappa shape index (κ2) is 6.00. The summed E-state index contributed by atoms with van der Waals surface area (Å²) < 4.78 is 5.13. The zero-order valence-corrected chi connectivity index (χ0v) is 11.4. The van der Waals surface area contributed by atoms with Gasteiger partial charge in [-0.05, 0) is 19.3 Å². The summed E-state index contributed by atoms with van der Waals surface area (Å²) in [6.07, 6.45) is 3.67. The Bertz CT molecular complexity index is 397. The van der Waals surface area contributed by atoms with Gasteiger partial charge in [0.25, 0.3) is 0 Å². The molecule has 0 spiro atoms. The van der Waals surface area contributed by atoms with E-state index in [4.69, 9.17) is 4.74 Å². The van der Waals surface area contributed by atoms with Crippen molar-refractivity contribution in [1.29, 1.82) is 0 Å². The molecule has 18 heavy (non-hydrogen) atoms. The van der Waals surface area contributed by atoms with Gasteiger partial charge in [-0.2, -0.15) is 0 Å². The number of hydrogen-bond donors (Lipinski definition) is 1. The highest BCUT2D eigenvalue weighted by atomic mass is 16.5. The second-order valence-electron chi connectivity index (χ2n) is 4.61. The van der Waals surface area contributed by atoms with Crippen LogP contribution >= 0.6 is 0 Å². The van der Waals surface area contributed by atoms with E-state index < -0.39 is 0 Å². The van der Waals surface area contributed by atoms with Crippen molar-refractivity contribution in [1.82, 2.24) is 9.97 Å². The van der Waals surface area contributed by atoms with Gasteiger partial charge in [-0.15, -0.1) is 0 Å². The lowest BCUT2D eigenvalue weighted by Crippen LogP contribution is -2.29. The molecule has 1 aliphatic heterocycles. The molecule has 1 aromatic heterocycles. The Balaban J connectivity index is 2.27. The van der Waals surface area contributed by atoms with Crippen LogP contribution in [0.1, 0.15) is 32.0 Å². The van der Waals surface area contributed by atoms with Crippen molar-refractivity contribution in [2.75, 3.05) is 30.9 Å². The molecule has 1 saturated heterocycles. The molecule has 1 unspecified atom stereocenters. The minimum atomic E-state index is 0.452. The summed E-state index contributed by atoms with van der Waals surface area (Å²) >= 11 is 0. The van der Waals surface area contributed by atoms with Gasteiger partial charge in [-0.1, -0.05) is 6.92 Å². The standard InChI is InChI=1S/C13H22N4O/c1-4-10-6-5-7-17(10)13-8-11(14-2)15-12(16-13)9-18-3/h8,10H,4-7,9H2,1-3H3,(H,14,15,16). The molecule has 2 rings (SSSR count). The third-order valence-electron chi connectivity index (χ3n) is 3.43. The quantitative estimate of drug-likeness (QED) is 0.866. The molecular formula is C13H22N4O. The van der Waals surface area contributed by atoms with Crippen molar-refractivity contribution in [3.8, 4) is 0 Å². The van der Waals surface area contributed by atoms with Crippen molar-refractivity contribution < 1.29 is 4.74 Å². The summed E-state index contributed by atoms with van der Waals surface area (Å²) in [5.41, 5.74) is 0. The number of methoxy groups -OCH3 is 1. The smallest absolute Gasteiger partial charge is 0.158 e. The van der Waals surface area contributed by atoms with Gasteiger partial charge in [0.05, 0.1) is 0 Å². The summed E-state index contributed by atoms with van der Waals surface area (Å²) in [7, 11) is 3.55. The van der Waals surface area contributed by atoms with E-state index in [-0.39, 0.29) is 0 Å². The van der Waals surface area contributed by atoms with Gasteiger partial charge >= 0.3 is 0 Å². The zero-order chi connectivity index (χ0) is 13.0. The fourth-order valence-electron chi connectivity index (χ4n) is 2.51. The number of anilines is 2. The maximum Gasteiger partial charge on any atom is 0.158 e. The summed E-state index contributed by atoms with van der Waals surface area (Å²) in [5, 5.41) is 3.09. The summed E-state index contributed by atoms with van der Waals surface area (Å²) in [6.45, 7) is 3.78. The zero-order valence-electron chi connectivity index (χ0n) is 11.4. The summed E-state index contributed by atoms with van der Waals surface area (Å²) in [6, 6.07) is 2.63. The predicted octanol–water partition coefficient (Wildman–Crippen LogP) is 2.04. The largest absolute Gasteiger partial charge is 0.377 e. The molecule has 1 aliphatic rings. The van der Waals surface area contributed by atoms with Crippen molar-refractivity contribution in [2.45, 2.75) is 38.8 Å². The lowest BCUT2D eigenvalue weighted by Gasteiger charge is -2.25. The Morgan fingerprint density at radius 1 is 1.50 bits per heavy atom. The van der Waals surface area contributed by atoms with E-state index in [0.717, 1.165) is 24.0 Å². The lowest BCUT2D eigenvalue weighted by molar-refractivity contribution is 0.178. The van der Waals surface area contributed by atoms with E-state index in [2.05, 4.69) is 27.1 Å². The molecule has 0 radical (unpaired) electrons. The van der Waals surface area contributed by atoms with Crippen LogP contribution in [-0.2, 0) is 11.3 Å². The van der Waals surface area contributed by atoms with Crippen molar-refractivity contribution >= 4 is 11.6 Å². The molecule has 1 atom stereocenters. The minimum Gasteiger partial charge on any atom is -0.377 e. The molecule has 0 aromatic carbocycles. The second-order valence-corrected chi connectivity index (χ2v) is 4.61. The molecule has 5 nitrogen and oxygen atoms in total. The maximum atomic E-state index is 5.13. The molecular weight excluding hydrogens is 228 g/mol. The van der Waals surface area contributed by atoms with Gasteiger partial charge < -0.3 is 15.0 Å². The first-order valence-corrected chi connectivity index (χ1v) is 6.59. The predicted molar refractivity (Wildman–Crippen MR) is 73.0 cm³/mol. The lowest BCUT2D eigenvalue weighted by atomic mass is 10.2.